The van der Waals surface area contributed by atoms with Crippen molar-refractivity contribution in [3.05, 3.63) is 18.5 Å². The number of nitrogens with two attached hydrogens (primary N) is 1. The van der Waals surface area contributed by atoms with E-state index in [1.807, 2.05) is 0 Å². The fourth-order valence-electron chi connectivity index (χ4n) is 1.13. The van der Waals surface area contributed by atoms with Crippen LogP contribution in [0.5, 0.6) is 0 Å². The number of nitrogens with one attached hydrogen (secondary N) is 1. The molecule has 10 heteroatoms. The third-order valence-corrected chi connectivity index (χ3v) is 4.25. The summed E-state index contributed by atoms with van der Waals surface area (Å²) in [6, 6.07) is -0.446. The molecular formula is C8H9N5O3S2. The van der Waals surface area contributed by atoms with Crippen molar-refractivity contribution in [3.63, 3.8) is 0 Å². The van der Waals surface area contributed by atoms with Crippen molar-refractivity contribution in [2.45, 2.75) is 4.21 Å². The summed E-state index contributed by atoms with van der Waals surface area (Å²) in [6.45, 7) is 0.204. The minimum Gasteiger partial charge on any atom is -0.283 e. The number of primary sulfonamides is 1. The first-order chi connectivity index (χ1) is 8.47. The van der Waals surface area contributed by atoms with Crippen LogP contribution in [0, 0.1) is 0 Å². The van der Waals surface area contributed by atoms with Gasteiger partial charge in [0.15, 0.2) is 9.34 Å². The van der Waals surface area contributed by atoms with E-state index in [9.17, 15) is 13.2 Å². The number of anilines is 1. The van der Waals surface area contributed by atoms with Crippen molar-refractivity contribution in [3.8, 4) is 0 Å². The molecular weight excluding hydrogens is 278 g/mol. The third-order valence-electron chi connectivity index (χ3n) is 1.93. The number of amides is 2. The molecule has 1 aliphatic heterocycles. The van der Waals surface area contributed by atoms with Crippen LogP contribution in [0.15, 0.2) is 27.7 Å². The van der Waals surface area contributed by atoms with Crippen LogP contribution in [0.25, 0.3) is 0 Å². The highest BCUT2D eigenvalue weighted by atomic mass is 32.2. The van der Waals surface area contributed by atoms with Gasteiger partial charge in [0.2, 0.25) is 10.0 Å². The molecule has 0 fully saturated rings. The van der Waals surface area contributed by atoms with Crippen LogP contribution in [0.1, 0.15) is 0 Å². The first kappa shape index (κ1) is 12.7. The second kappa shape index (κ2) is 4.84. The van der Waals surface area contributed by atoms with Crippen LogP contribution in [0.4, 0.5) is 9.93 Å². The van der Waals surface area contributed by atoms with Crippen molar-refractivity contribution in [2.75, 3.05) is 12.0 Å². The summed E-state index contributed by atoms with van der Waals surface area (Å²) in [7, 11) is -3.79. The molecule has 0 saturated carbocycles. The Morgan fingerprint density at radius 2 is 2.33 bits per heavy atom. The molecule has 1 aromatic heterocycles. The van der Waals surface area contributed by atoms with E-state index < -0.39 is 16.1 Å². The Bertz CT molecular complexity index is 618. The number of aliphatic imine (C=N–C) groups is 1. The van der Waals surface area contributed by atoms with Gasteiger partial charge in [0, 0.05) is 12.4 Å². The van der Waals surface area contributed by atoms with Gasteiger partial charge in [-0.15, -0.1) is 0 Å². The summed E-state index contributed by atoms with van der Waals surface area (Å²) >= 11 is 0.787. The monoisotopic (exact) mass is 287 g/mol. The number of thiazole rings is 1. The maximum absolute atomic E-state index is 11.7. The summed E-state index contributed by atoms with van der Waals surface area (Å²) < 4.78 is 22.0. The molecule has 1 aliphatic rings. The predicted molar refractivity (Wildman–Crippen MR) is 66.8 cm³/mol. The van der Waals surface area contributed by atoms with E-state index in [4.69, 9.17) is 5.14 Å². The fraction of sp³-hybridized carbons (Fsp3) is 0.125. The Morgan fingerprint density at radius 1 is 1.56 bits per heavy atom. The molecule has 1 aromatic rings. The molecule has 0 radical (unpaired) electrons. The molecule has 96 valence electrons. The number of hydrogen-bond acceptors (Lipinski definition) is 6. The number of aromatic nitrogens is 1. The average molecular weight is 287 g/mol. The highest BCUT2D eigenvalue weighted by Gasteiger charge is 2.16. The Kier molecular flexibility index (Phi) is 3.41. The lowest BCUT2D eigenvalue weighted by atomic mass is 10.5. The maximum atomic E-state index is 11.7. The van der Waals surface area contributed by atoms with Gasteiger partial charge in [-0.3, -0.25) is 15.2 Å². The van der Waals surface area contributed by atoms with Crippen molar-refractivity contribution < 1.29 is 13.2 Å². The van der Waals surface area contributed by atoms with Gasteiger partial charge < -0.3 is 0 Å². The summed E-state index contributed by atoms with van der Waals surface area (Å²) in [4.78, 5) is 20.7. The predicted octanol–water partition coefficient (Wildman–Crippen LogP) is 0.180. The molecule has 3 N–H and O–H groups in total. The van der Waals surface area contributed by atoms with Crippen molar-refractivity contribution in [1.29, 1.82) is 0 Å². The molecule has 0 unspecified atom stereocenters. The van der Waals surface area contributed by atoms with E-state index in [0.717, 1.165) is 17.5 Å². The Morgan fingerprint density at radius 3 is 2.89 bits per heavy atom. The molecule has 2 rings (SSSR count). The molecule has 2 heterocycles. The van der Waals surface area contributed by atoms with Crippen LogP contribution in [-0.4, -0.2) is 37.2 Å². The summed E-state index contributed by atoms with van der Waals surface area (Å²) in [6.07, 6.45) is 5.84. The maximum Gasteiger partial charge on any atom is 0.329 e. The largest absolute Gasteiger partial charge is 0.329 e. The van der Waals surface area contributed by atoms with Gasteiger partial charge in [-0.2, -0.15) is 0 Å². The minimum atomic E-state index is -3.79. The van der Waals surface area contributed by atoms with Crippen LogP contribution in [0.2, 0.25) is 0 Å². The number of nitrogens with zero attached hydrogens (tertiary/aromatic N) is 3. The molecule has 0 saturated heterocycles. The SMILES string of the molecule is NS(=O)(=O)c1cnc(NC(=O)N2C=CC=NC2)s1. The van der Waals surface area contributed by atoms with Crippen molar-refractivity contribution >= 4 is 38.7 Å². The van der Waals surface area contributed by atoms with Crippen molar-refractivity contribution in [1.82, 2.24) is 9.88 Å². The first-order valence-corrected chi connectivity index (χ1v) is 7.06. The van der Waals surface area contributed by atoms with Gasteiger partial charge in [-0.05, 0) is 6.08 Å². The zero-order valence-electron chi connectivity index (χ0n) is 8.98. The van der Waals surface area contributed by atoms with E-state index in [1.54, 1.807) is 18.5 Å². The average Bonchev–Trinajstić information content (AvgIpc) is 2.78. The lowest BCUT2D eigenvalue weighted by Crippen LogP contribution is -2.31. The fourth-order valence-corrected chi connectivity index (χ4v) is 2.57. The standard InChI is InChI=1S/C8H9N5O3S2/c9-18(15,16)6-4-11-7(17-6)12-8(14)13-3-1-2-10-5-13/h1-4H,5H2,(H2,9,15,16)(H,11,12,14). The highest BCUT2D eigenvalue weighted by Crippen LogP contribution is 2.21. The number of carbonyl (C=O) groups is 1. The van der Waals surface area contributed by atoms with Crippen LogP contribution in [-0.2, 0) is 10.0 Å². The van der Waals surface area contributed by atoms with Gasteiger partial charge in [0.05, 0.1) is 6.20 Å². The molecule has 0 atom stereocenters. The van der Waals surface area contributed by atoms with E-state index in [-0.39, 0.29) is 16.0 Å². The Hall–Kier alpha value is -1.78. The van der Waals surface area contributed by atoms with E-state index in [2.05, 4.69) is 15.3 Å². The van der Waals surface area contributed by atoms with Gasteiger partial charge in [0.25, 0.3) is 0 Å². The summed E-state index contributed by atoms with van der Waals surface area (Å²) in [5.41, 5.74) is 0. The van der Waals surface area contributed by atoms with Crippen LogP contribution >= 0.6 is 11.3 Å². The molecule has 0 aromatic carbocycles. The lowest BCUT2D eigenvalue weighted by molar-refractivity contribution is 0.229. The van der Waals surface area contributed by atoms with E-state index in [0.29, 0.717) is 0 Å². The molecule has 0 aliphatic carbocycles. The number of sulfonamides is 1. The van der Waals surface area contributed by atoms with Crippen LogP contribution in [0.3, 0.4) is 0 Å². The number of hydrogen-bond donors (Lipinski definition) is 2. The quantitative estimate of drug-likeness (QED) is 0.806. The van der Waals surface area contributed by atoms with Crippen molar-refractivity contribution in [2.24, 2.45) is 10.1 Å². The second-order valence-electron chi connectivity index (χ2n) is 3.24. The second-order valence-corrected chi connectivity index (χ2v) is 6.06. The molecule has 8 nitrogen and oxygen atoms in total. The van der Waals surface area contributed by atoms with E-state index in [1.165, 1.54) is 4.90 Å². The van der Waals surface area contributed by atoms with Gasteiger partial charge in [-0.1, -0.05) is 11.3 Å². The zero-order chi connectivity index (χ0) is 13.2. The summed E-state index contributed by atoms with van der Waals surface area (Å²) in [5, 5.41) is 7.55. The third kappa shape index (κ3) is 2.91. The van der Waals surface area contributed by atoms with Crippen LogP contribution < -0.4 is 10.5 Å². The minimum absolute atomic E-state index is 0.106. The van der Waals surface area contributed by atoms with Gasteiger partial charge >= 0.3 is 6.03 Å². The van der Waals surface area contributed by atoms with Gasteiger partial charge in [0.1, 0.15) is 6.67 Å². The number of carbonyl (C=O) groups excluding carboxylic acids is 1. The molecule has 0 bridgehead atoms. The topological polar surface area (TPSA) is 118 Å². The highest BCUT2D eigenvalue weighted by molar-refractivity contribution is 7.91. The number of rotatable bonds is 2. The normalized spacial score (nSPS) is 14.8. The summed E-state index contributed by atoms with van der Waals surface area (Å²) in [5.74, 6) is 0. The molecule has 18 heavy (non-hydrogen) atoms. The lowest BCUT2D eigenvalue weighted by Gasteiger charge is -2.17. The Balaban J connectivity index is 2.06. The first-order valence-electron chi connectivity index (χ1n) is 4.70. The molecule has 0 spiro atoms. The zero-order valence-corrected chi connectivity index (χ0v) is 10.6. The smallest absolute Gasteiger partial charge is 0.283 e. The molecule has 2 amide bonds. The van der Waals surface area contributed by atoms with Gasteiger partial charge in [-0.25, -0.2) is 23.3 Å². The van der Waals surface area contributed by atoms with E-state index >= 15 is 0 Å². The number of allylic oxidation sites excluding steroid dienone is 1. The Labute approximate surface area is 107 Å². The number of urea groups is 1.